The third-order valence-electron chi connectivity index (χ3n) is 5.43. The van der Waals surface area contributed by atoms with Gasteiger partial charge in [-0.15, -0.1) is 0 Å². The molecule has 0 unspecified atom stereocenters. The Kier molecular flexibility index (Phi) is 19.6. The SMILES string of the molecule is O=CCCCCCCCCCOc1cc(I)c(OCCCCCCCCCC=O)cc1I. The Morgan fingerprint density at radius 2 is 0.844 bits per heavy atom. The Balaban J connectivity index is 2.12. The van der Waals surface area contributed by atoms with E-state index in [1.54, 1.807) is 0 Å². The molecule has 32 heavy (non-hydrogen) atoms. The number of aldehydes is 2. The average Bonchev–Trinajstić information content (AvgIpc) is 2.79. The van der Waals surface area contributed by atoms with Gasteiger partial charge < -0.3 is 19.1 Å². The second-order valence-corrected chi connectivity index (χ2v) is 10.6. The van der Waals surface area contributed by atoms with Crippen molar-refractivity contribution in [2.24, 2.45) is 0 Å². The smallest absolute Gasteiger partial charge is 0.133 e. The van der Waals surface area contributed by atoms with Crippen molar-refractivity contribution in [2.75, 3.05) is 13.2 Å². The first-order valence-electron chi connectivity index (χ1n) is 12.3. The van der Waals surface area contributed by atoms with Crippen molar-refractivity contribution in [2.45, 2.75) is 103 Å². The molecule has 0 atom stereocenters. The lowest BCUT2D eigenvalue weighted by molar-refractivity contribution is -0.108. The summed E-state index contributed by atoms with van der Waals surface area (Å²) in [6.45, 7) is 1.51. The van der Waals surface area contributed by atoms with Crippen LogP contribution in [0.25, 0.3) is 0 Å². The molecule has 0 radical (unpaired) electrons. The Hall–Kier alpha value is -0.380. The van der Waals surface area contributed by atoms with Gasteiger partial charge in [0.05, 0.1) is 20.4 Å². The fourth-order valence-electron chi connectivity index (χ4n) is 3.52. The third kappa shape index (κ3) is 15.5. The molecule has 0 saturated heterocycles. The minimum atomic E-state index is 0.708. The maximum absolute atomic E-state index is 10.3. The highest BCUT2D eigenvalue weighted by atomic mass is 127. The number of rotatable bonds is 22. The molecule has 0 spiro atoms. The van der Waals surface area contributed by atoms with Crippen molar-refractivity contribution in [3.63, 3.8) is 0 Å². The molecule has 1 aromatic rings. The van der Waals surface area contributed by atoms with Crippen LogP contribution in [-0.2, 0) is 9.59 Å². The average molecular weight is 670 g/mol. The van der Waals surface area contributed by atoms with Gasteiger partial charge in [0, 0.05) is 12.8 Å². The van der Waals surface area contributed by atoms with Crippen molar-refractivity contribution in [3.05, 3.63) is 19.3 Å². The van der Waals surface area contributed by atoms with Gasteiger partial charge in [-0.2, -0.15) is 0 Å². The molecular weight excluding hydrogens is 630 g/mol. The molecule has 0 aliphatic rings. The highest BCUT2D eigenvalue weighted by Gasteiger charge is 2.09. The first kappa shape index (κ1) is 29.7. The summed E-state index contributed by atoms with van der Waals surface area (Å²) in [6, 6.07) is 4.17. The predicted molar refractivity (Wildman–Crippen MR) is 149 cm³/mol. The minimum Gasteiger partial charge on any atom is -0.492 e. The van der Waals surface area contributed by atoms with Gasteiger partial charge in [0.15, 0.2) is 0 Å². The number of hydrogen-bond acceptors (Lipinski definition) is 4. The minimum absolute atomic E-state index is 0.708. The highest BCUT2D eigenvalue weighted by molar-refractivity contribution is 14.1. The molecule has 4 nitrogen and oxygen atoms in total. The first-order valence-corrected chi connectivity index (χ1v) is 14.5. The van der Waals surface area contributed by atoms with Crippen LogP contribution in [0.4, 0.5) is 0 Å². The topological polar surface area (TPSA) is 52.6 Å². The largest absolute Gasteiger partial charge is 0.492 e. The lowest BCUT2D eigenvalue weighted by Crippen LogP contribution is -2.02. The van der Waals surface area contributed by atoms with Gasteiger partial charge >= 0.3 is 0 Å². The molecule has 6 heteroatoms. The van der Waals surface area contributed by atoms with Crippen LogP contribution in [0, 0.1) is 7.14 Å². The summed E-state index contributed by atoms with van der Waals surface area (Å²) >= 11 is 4.66. The van der Waals surface area contributed by atoms with E-state index in [-0.39, 0.29) is 0 Å². The number of halogens is 2. The van der Waals surface area contributed by atoms with E-state index in [0.29, 0.717) is 12.8 Å². The van der Waals surface area contributed by atoms with Crippen LogP contribution in [0.1, 0.15) is 103 Å². The highest BCUT2D eigenvalue weighted by Crippen LogP contribution is 2.31. The number of benzene rings is 1. The van der Waals surface area contributed by atoms with Gasteiger partial charge in [0.1, 0.15) is 24.1 Å². The van der Waals surface area contributed by atoms with Gasteiger partial charge in [0.2, 0.25) is 0 Å². The van der Waals surface area contributed by atoms with Crippen LogP contribution in [0.3, 0.4) is 0 Å². The normalized spacial score (nSPS) is 10.8. The summed E-state index contributed by atoms with van der Waals surface area (Å²) in [4.78, 5) is 20.6. The van der Waals surface area contributed by atoms with Crippen LogP contribution < -0.4 is 9.47 Å². The maximum atomic E-state index is 10.3. The quantitative estimate of drug-likeness (QED) is 0.0708. The van der Waals surface area contributed by atoms with E-state index in [4.69, 9.17) is 9.47 Å². The Morgan fingerprint density at radius 3 is 1.19 bits per heavy atom. The van der Waals surface area contributed by atoms with Crippen LogP contribution in [0.2, 0.25) is 0 Å². The maximum Gasteiger partial charge on any atom is 0.133 e. The first-order chi connectivity index (χ1) is 15.7. The molecule has 0 fully saturated rings. The molecule has 0 bridgehead atoms. The van der Waals surface area contributed by atoms with E-state index in [9.17, 15) is 9.59 Å². The molecule has 1 aromatic carbocycles. The Labute approximate surface area is 222 Å². The summed E-state index contributed by atoms with van der Waals surface area (Å²) in [5.74, 6) is 1.90. The van der Waals surface area contributed by atoms with Gasteiger partial charge in [-0.25, -0.2) is 0 Å². The summed E-state index contributed by atoms with van der Waals surface area (Å²) < 4.78 is 14.2. The summed E-state index contributed by atoms with van der Waals surface area (Å²) in [5.41, 5.74) is 0. The molecule has 0 aromatic heterocycles. The number of hydrogen-bond donors (Lipinski definition) is 0. The molecule has 182 valence electrons. The third-order valence-corrected chi connectivity index (χ3v) is 7.12. The van der Waals surface area contributed by atoms with E-state index < -0.39 is 0 Å². The van der Waals surface area contributed by atoms with Crippen molar-refractivity contribution < 1.29 is 19.1 Å². The van der Waals surface area contributed by atoms with E-state index >= 15 is 0 Å². The zero-order chi connectivity index (χ0) is 23.3. The van der Waals surface area contributed by atoms with Crippen molar-refractivity contribution >= 4 is 57.8 Å². The second-order valence-electron chi connectivity index (χ2n) is 8.27. The number of ether oxygens (including phenoxy) is 2. The predicted octanol–water partition coefficient (Wildman–Crippen LogP) is 8.29. The summed E-state index contributed by atoms with van der Waals surface area (Å²) in [6.07, 6.45) is 19.9. The number of carbonyl (C=O) groups excluding carboxylic acids is 2. The molecular formula is C26H40I2O4. The van der Waals surface area contributed by atoms with E-state index in [1.165, 1.54) is 64.2 Å². The summed E-state index contributed by atoms with van der Waals surface area (Å²) in [5, 5.41) is 0. The lowest BCUT2D eigenvalue weighted by atomic mass is 10.1. The molecule has 0 N–H and O–H groups in total. The standard InChI is InChI=1S/C26H40I2O4/c27-23-22-26(32-20-16-12-8-4-2-6-10-14-18-30)24(28)21-25(23)31-19-15-11-7-3-1-5-9-13-17-29/h17-18,21-22H,1-16,19-20H2. The van der Waals surface area contributed by atoms with Crippen LogP contribution in [0.5, 0.6) is 11.5 Å². The zero-order valence-corrected chi connectivity index (χ0v) is 23.7. The van der Waals surface area contributed by atoms with Crippen LogP contribution in [-0.4, -0.2) is 25.8 Å². The van der Waals surface area contributed by atoms with E-state index in [2.05, 4.69) is 57.3 Å². The van der Waals surface area contributed by atoms with Crippen molar-refractivity contribution in [3.8, 4) is 11.5 Å². The van der Waals surface area contributed by atoms with Crippen LogP contribution in [0.15, 0.2) is 12.1 Å². The number of unbranched alkanes of at least 4 members (excludes halogenated alkanes) is 14. The monoisotopic (exact) mass is 670 g/mol. The zero-order valence-electron chi connectivity index (χ0n) is 19.4. The summed E-state index contributed by atoms with van der Waals surface area (Å²) in [7, 11) is 0. The van der Waals surface area contributed by atoms with Gasteiger partial charge in [0.25, 0.3) is 0 Å². The fraction of sp³-hybridized carbons (Fsp3) is 0.692. The number of carbonyl (C=O) groups is 2. The lowest BCUT2D eigenvalue weighted by Gasteiger charge is -2.13. The molecule has 0 aliphatic carbocycles. The van der Waals surface area contributed by atoms with E-state index in [1.807, 2.05) is 0 Å². The molecule has 0 saturated carbocycles. The van der Waals surface area contributed by atoms with Crippen molar-refractivity contribution in [1.29, 1.82) is 0 Å². The molecule has 0 heterocycles. The molecule has 1 rings (SSSR count). The molecule has 0 aliphatic heterocycles. The Morgan fingerprint density at radius 1 is 0.531 bits per heavy atom. The Bertz CT molecular complexity index is 568. The molecule has 0 amide bonds. The van der Waals surface area contributed by atoms with Crippen LogP contribution >= 0.6 is 45.2 Å². The van der Waals surface area contributed by atoms with E-state index in [0.717, 1.165) is 70.1 Å². The fourth-order valence-corrected chi connectivity index (χ4v) is 4.71. The van der Waals surface area contributed by atoms with Gasteiger partial charge in [-0.1, -0.05) is 64.2 Å². The van der Waals surface area contributed by atoms with Gasteiger partial charge in [-0.05, 0) is 83.0 Å². The van der Waals surface area contributed by atoms with Gasteiger partial charge in [-0.3, -0.25) is 0 Å². The second kappa shape index (κ2) is 21.2. The van der Waals surface area contributed by atoms with Crippen molar-refractivity contribution in [1.82, 2.24) is 0 Å².